The van der Waals surface area contributed by atoms with Crippen LogP contribution in [0.5, 0.6) is 0 Å². The van der Waals surface area contributed by atoms with Gasteiger partial charge in [0.25, 0.3) is 0 Å². The molecule has 0 bridgehead atoms. The Balaban J connectivity index is 1.57. The number of nitrogens with two attached hydrogens (primary N) is 1. The highest BCUT2D eigenvalue weighted by Gasteiger charge is 2.30. The number of carbonyl (C=O) groups excluding carboxylic acids is 1. The van der Waals surface area contributed by atoms with Gasteiger partial charge in [0.15, 0.2) is 0 Å². The predicted molar refractivity (Wildman–Crippen MR) is 128 cm³/mol. The van der Waals surface area contributed by atoms with Crippen LogP contribution in [0.15, 0.2) is 48.5 Å². The number of carbonyl (C=O) groups is 1. The summed E-state index contributed by atoms with van der Waals surface area (Å²) in [6.45, 7) is 0.943. The average Bonchev–Trinajstić information content (AvgIpc) is 3.14. The summed E-state index contributed by atoms with van der Waals surface area (Å²) in [7, 11) is 0. The minimum atomic E-state index is -4.37. The Bertz CT molecular complexity index is 1220. The van der Waals surface area contributed by atoms with Crippen LogP contribution >= 0.6 is 0 Å². The lowest BCUT2D eigenvalue weighted by Gasteiger charge is -2.25. The number of piperidine rings is 1. The Morgan fingerprint density at radius 3 is 2.56 bits per heavy atom. The van der Waals surface area contributed by atoms with Crippen LogP contribution in [0, 0.1) is 11.8 Å². The summed E-state index contributed by atoms with van der Waals surface area (Å²) in [4.78, 5) is 11.2. The number of aromatic nitrogens is 1. The third-order valence-electron chi connectivity index (χ3n) is 5.75. The van der Waals surface area contributed by atoms with Crippen molar-refractivity contribution < 1.29 is 18.0 Å². The molecular formula is C25H26F3N5O. The Morgan fingerprint density at radius 1 is 1.15 bits per heavy atom. The standard InChI is InChI=1S/C25H26F3N5O/c26-25(27,28)16-33-20(3-2-12-31-18-8-6-17(7-9-18)24(29)34)15-21-22(4-1-5-23(21)33)32-19-10-13-30-14-11-19/h1,4-9,15,19,30-32H,10-14,16H2,(H2,29,34). The quantitative estimate of drug-likeness (QED) is 0.412. The first-order chi connectivity index (χ1) is 16.3. The smallest absolute Gasteiger partial charge is 0.382 e. The maximum Gasteiger partial charge on any atom is 0.406 e. The summed E-state index contributed by atoms with van der Waals surface area (Å²) >= 11 is 0. The molecule has 0 unspecified atom stereocenters. The highest BCUT2D eigenvalue weighted by atomic mass is 19.4. The second-order valence-electron chi connectivity index (χ2n) is 8.23. The zero-order valence-electron chi connectivity index (χ0n) is 18.5. The SMILES string of the molecule is NC(=O)c1ccc(NCC#Cc2cc3c(NC4CCNCC4)cccc3n2CC(F)(F)F)cc1. The lowest BCUT2D eigenvalue weighted by atomic mass is 10.1. The van der Waals surface area contributed by atoms with Crippen LogP contribution in [0.1, 0.15) is 28.9 Å². The van der Waals surface area contributed by atoms with Crippen LogP contribution in [0.3, 0.4) is 0 Å². The summed E-state index contributed by atoms with van der Waals surface area (Å²) in [5.74, 6) is 5.28. The lowest BCUT2D eigenvalue weighted by molar-refractivity contribution is -0.140. The van der Waals surface area contributed by atoms with Gasteiger partial charge in [0.1, 0.15) is 6.54 Å². The summed E-state index contributed by atoms with van der Waals surface area (Å²) in [5.41, 5.74) is 7.97. The molecule has 1 saturated heterocycles. The molecule has 6 nitrogen and oxygen atoms in total. The number of anilines is 2. The molecule has 1 aliphatic heterocycles. The summed E-state index contributed by atoms with van der Waals surface area (Å²) in [5, 5.41) is 10.6. The molecule has 0 radical (unpaired) electrons. The largest absolute Gasteiger partial charge is 0.406 e. The van der Waals surface area contributed by atoms with Crippen molar-refractivity contribution in [2.45, 2.75) is 31.6 Å². The number of hydrogen-bond donors (Lipinski definition) is 4. The molecule has 2 aromatic carbocycles. The monoisotopic (exact) mass is 469 g/mol. The third kappa shape index (κ3) is 5.83. The number of hydrogen-bond acceptors (Lipinski definition) is 4. The molecule has 1 fully saturated rings. The number of nitrogens with one attached hydrogen (secondary N) is 3. The zero-order chi connectivity index (χ0) is 24.1. The van der Waals surface area contributed by atoms with Gasteiger partial charge >= 0.3 is 6.18 Å². The first-order valence-electron chi connectivity index (χ1n) is 11.1. The summed E-state index contributed by atoms with van der Waals surface area (Å²) < 4.78 is 41.3. The molecule has 0 atom stereocenters. The van der Waals surface area contributed by atoms with Crippen LogP contribution in [0.25, 0.3) is 10.9 Å². The molecule has 0 aliphatic carbocycles. The van der Waals surface area contributed by atoms with Gasteiger partial charge < -0.3 is 26.3 Å². The number of nitrogens with zero attached hydrogens (tertiary/aromatic N) is 1. The second kappa shape index (κ2) is 10.1. The predicted octanol–water partition coefficient (Wildman–Crippen LogP) is 3.93. The molecule has 1 aliphatic rings. The molecule has 1 amide bonds. The number of amides is 1. The molecule has 0 saturated carbocycles. The number of benzene rings is 2. The van der Waals surface area contributed by atoms with Crippen LogP contribution in [-0.4, -0.2) is 42.3 Å². The van der Waals surface area contributed by atoms with Crippen LogP contribution in [-0.2, 0) is 6.54 Å². The summed E-state index contributed by atoms with van der Waals surface area (Å²) in [6.07, 6.45) is -2.46. The van der Waals surface area contributed by atoms with E-state index in [9.17, 15) is 18.0 Å². The van der Waals surface area contributed by atoms with Crippen molar-refractivity contribution in [3.8, 4) is 11.8 Å². The fourth-order valence-corrected chi connectivity index (χ4v) is 4.08. The van der Waals surface area contributed by atoms with Crippen LogP contribution < -0.4 is 21.7 Å². The zero-order valence-corrected chi connectivity index (χ0v) is 18.5. The highest BCUT2D eigenvalue weighted by Crippen LogP contribution is 2.31. The Morgan fingerprint density at radius 2 is 1.88 bits per heavy atom. The fraction of sp³-hybridized carbons (Fsp3) is 0.320. The first kappa shape index (κ1) is 23.5. The van der Waals surface area contributed by atoms with Gasteiger partial charge in [-0.25, -0.2) is 0 Å². The van der Waals surface area contributed by atoms with Gasteiger partial charge in [0.05, 0.1) is 17.8 Å². The van der Waals surface area contributed by atoms with E-state index in [1.54, 1.807) is 42.5 Å². The van der Waals surface area contributed by atoms with E-state index in [0.717, 1.165) is 42.7 Å². The van der Waals surface area contributed by atoms with Crippen molar-refractivity contribution >= 4 is 28.2 Å². The van der Waals surface area contributed by atoms with Gasteiger partial charge in [-0.05, 0) is 74.3 Å². The van der Waals surface area contributed by atoms with Crippen molar-refractivity contribution in [2.24, 2.45) is 5.73 Å². The molecule has 3 aromatic rings. The first-order valence-corrected chi connectivity index (χ1v) is 11.1. The van der Waals surface area contributed by atoms with E-state index in [0.29, 0.717) is 16.8 Å². The minimum Gasteiger partial charge on any atom is -0.382 e. The van der Waals surface area contributed by atoms with E-state index >= 15 is 0 Å². The topological polar surface area (TPSA) is 84.1 Å². The maximum atomic E-state index is 13.4. The molecule has 34 heavy (non-hydrogen) atoms. The molecule has 5 N–H and O–H groups in total. The Kier molecular flexibility index (Phi) is 6.98. The van der Waals surface area contributed by atoms with E-state index in [1.807, 2.05) is 6.07 Å². The number of primary amides is 1. The average molecular weight is 470 g/mol. The van der Waals surface area contributed by atoms with Crippen molar-refractivity contribution in [1.82, 2.24) is 9.88 Å². The lowest BCUT2D eigenvalue weighted by Crippen LogP contribution is -2.35. The van der Waals surface area contributed by atoms with Crippen LogP contribution in [0.2, 0.25) is 0 Å². The van der Waals surface area contributed by atoms with E-state index in [2.05, 4.69) is 27.8 Å². The molecular weight excluding hydrogens is 443 g/mol. The molecule has 2 heterocycles. The molecule has 178 valence electrons. The van der Waals surface area contributed by atoms with Gasteiger partial charge in [-0.15, -0.1) is 0 Å². The second-order valence-corrected chi connectivity index (χ2v) is 8.23. The number of fused-ring (bicyclic) bond motifs is 1. The van der Waals surface area contributed by atoms with E-state index < -0.39 is 18.6 Å². The maximum absolute atomic E-state index is 13.4. The number of halogens is 3. The van der Waals surface area contributed by atoms with Crippen molar-refractivity contribution in [2.75, 3.05) is 30.3 Å². The molecule has 0 spiro atoms. The number of alkyl halides is 3. The molecule has 9 heteroatoms. The van der Waals surface area contributed by atoms with E-state index in [4.69, 9.17) is 5.73 Å². The van der Waals surface area contributed by atoms with Gasteiger partial charge in [-0.1, -0.05) is 12.0 Å². The van der Waals surface area contributed by atoms with Crippen molar-refractivity contribution in [1.29, 1.82) is 0 Å². The van der Waals surface area contributed by atoms with E-state index in [-0.39, 0.29) is 12.6 Å². The fourth-order valence-electron chi connectivity index (χ4n) is 4.08. The van der Waals surface area contributed by atoms with Gasteiger partial charge in [0.2, 0.25) is 5.91 Å². The van der Waals surface area contributed by atoms with Gasteiger partial charge in [-0.2, -0.15) is 13.2 Å². The van der Waals surface area contributed by atoms with E-state index in [1.165, 1.54) is 4.57 Å². The third-order valence-corrected chi connectivity index (χ3v) is 5.75. The molecule has 4 rings (SSSR count). The number of rotatable bonds is 6. The molecule has 1 aromatic heterocycles. The normalized spacial score (nSPS) is 14.4. The van der Waals surface area contributed by atoms with Crippen molar-refractivity contribution in [3.63, 3.8) is 0 Å². The Labute approximate surface area is 195 Å². The van der Waals surface area contributed by atoms with Crippen molar-refractivity contribution in [3.05, 3.63) is 59.8 Å². The minimum absolute atomic E-state index is 0.226. The van der Waals surface area contributed by atoms with Gasteiger partial charge in [0, 0.05) is 28.4 Å². The van der Waals surface area contributed by atoms with Gasteiger partial charge in [-0.3, -0.25) is 4.79 Å². The van der Waals surface area contributed by atoms with Crippen LogP contribution in [0.4, 0.5) is 24.5 Å². The Hall–Kier alpha value is -3.64. The summed E-state index contributed by atoms with van der Waals surface area (Å²) in [6, 6.07) is 13.9. The highest BCUT2D eigenvalue weighted by molar-refractivity contribution is 5.94.